The third-order valence-electron chi connectivity index (χ3n) is 4.90. The zero-order valence-electron chi connectivity index (χ0n) is 17.0. The summed E-state index contributed by atoms with van der Waals surface area (Å²) < 4.78 is 5.81. The fourth-order valence-corrected chi connectivity index (χ4v) is 3.47. The largest absolute Gasteiger partial charge is 0.494 e. The molecule has 0 aromatic heterocycles. The maximum atomic E-state index is 8.90. The van der Waals surface area contributed by atoms with Crippen molar-refractivity contribution >= 4 is 22.7 Å². The summed E-state index contributed by atoms with van der Waals surface area (Å²) in [4.78, 5) is 0. The first-order valence-corrected chi connectivity index (χ1v) is 10.2. The van der Waals surface area contributed by atoms with E-state index in [9.17, 15) is 0 Å². The van der Waals surface area contributed by atoms with E-state index in [0.717, 1.165) is 17.6 Å². The Morgan fingerprint density at radius 1 is 1.17 bits per heavy atom. The lowest BCUT2D eigenvalue weighted by molar-refractivity contribution is 0.195. The highest BCUT2D eigenvalue weighted by Gasteiger charge is 2.11. The van der Waals surface area contributed by atoms with Gasteiger partial charge >= 0.3 is 0 Å². The van der Waals surface area contributed by atoms with Gasteiger partial charge in [-0.1, -0.05) is 78.9 Å². The highest BCUT2D eigenvalue weighted by molar-refractivity contribution is 6.31. The monoisotopic (exact) mass is 413 g/mol. The van der Waals surface area contributed by atoms with E-state index < -0.39 is 0 Å². The molecular weight excluding hydrogens is 390 g/mol. The maximum Gasteiger partial charge on any atom is 0.113 e. The summed E-state index contributed by atoms with van der Waals surface area (Å²) in [6.45, 7) is 6.50. The normalized spacial score (nSPS) is 16.6. The average molecular weight is 414 g/mol. The fourth-order valence-electron chi connectivity index (χ4n) is 3.18. The van der Waals surface area contributed by atoms with Crippen molar-refractivity contribution in [2.24, 2.45) is 5.92 Å². The lowest BCUT2D eigenvalue weighted by Gasteiger charge is -2.17. The number of ether oxygens (including phenoxy) is 1. The highest BCUT2D eigenvalue weighted by atomic mass is 35.5. The average Bonchev–Trinajstić information content (AvgIpc) is 2.78. The molecule has 150 valence electrons. The quantitative estimate of drug-likeness (QED) is 0.353. The van der Waals surface area contributed by atoms with Crippen molar-refractivity contribution in [3.8, 4) is 6.07 Å². The molecule has 0 heterocycles. The van der Waals surface area contributed by atoms with Crippen LogP contribution in [0.1, 0.15) is 30.0 Å². The summed E-state index contributed by atoms with van der Waals surface area (Å²) in [7, 11) is 0. The molecular formula is C27H24ClNO. The molecule has 1 aliphatic rings. The van der Waals surface area contributed by atoms with Crippen LogP contribution in [0.4, 0.5) is 0 Å². The van der Waals surface area contributed by atoms with Crippen LogP contribution in [0, 0.1) is 17.2 Å². The first-order chi connectivity index (χ1) is 14.5. The molecule has 2 nitrogen and oxygen atoms in total. The molecule has 0 aliphatic heterocycles. The minimum Gasteiger partial charge on any atom is -0.494 e. The molecule has 0 bridgehead atoms. The summed E-state index contributed by atoms with van der Waals surface area (Å²) in [5.74, 6) is 0.854. The van der Waals surface area contributed by atoms with Gasteiger partial charge < -0.3 is 4.74 Å². The van der Waals surface area contributed by atoms with Crippen LogP contribution in [0.15, 0.2) is 102 Å². The molecule has 2 aromatic carbocycles. The molecule has 0 radical (unpaired) electrons. The summed E-state index contributed by atoms with van der Waals surface area (Å²) in [5.41, 5.74) is 5.13. The van der Waals surface area contributed by atoms with E-state index in [4.69, 9.17) is 21.6 Å². The molecule has 3 rings (SSSR count). The number of nitrogens with zero attached hydrogens (tertiary/aromatic N) is 1. The van der Waals surface area contributed by atoms with E-state index >= 15 is 0 Å². The number of halogens is 1. The van der Waals surface area contributed by atoms with Gasteiger partial charge in [-0.15, -0.1) is 0 Å². The Balaban J connectivity index is 1.51. The van der Waals surface area contributed by atoms with Gasteiger partial charge in [-0.3, -0.25) is 0 Å². The van der Waals surface area contributed by atoms with Gasteiger partial charge in [-0.25, -0.2) is 0 Å². The molecule has 1 unspecified atom stereocenters. The van der Waals surface area contributed by atoms with Gasteiger partial charge in [0, 0.05) is 11.0 Å². The van der Waals surface area contributed by atoms with Crippen LogP contribution in [0.5, 0.6) is 0 Å². The lowest BCUT2D eigenvalue weighted by atomic mass is 9.93. The second-order valence-corrected chi connectivity index (χ2v) is 7.64. The third kappa shape index (κ3) is 6.11. The zero-order chi connectivity index (χ0) is 21.3. The van der Waals surface area contributed by atoms with Crippen LogP contribution in [0.3, 0.4) is 0 Å². The van der Waals surface area contributed by atoms with Crippen molar-refractivity contribution in [1.82, 2.24) is 0 Å². The molecule has 1 aliphatic carbocycles. The van der Waals surface area contributed by atoms with Crippen LogP contribution in [0.25, 0.3) is 11.1 Å². The summed E-state index contributed by atoms with van der Waals surface area (Å²) in [6.07, 6.45) is 11.1. The van der Waals surface area contributed by atoms with Crippen molar-refractivity contribution in [1.29, 1.82) is 5.26 Å². The lowest BCUT2D eigenvalue weighted by Crippen LogP contribution is -2.08. The molecule has 0 spiro atoms. The molecule has 0 N–H and O–H groups in total. The molecule has 0 saturated heterocycles. The Labute approximate surface area is 183 Å². The van der Waals surface area contributed by atoms with Gasteiger partial charge in [-0.2, -0.15) is 5.26 Å². The highest BCUT2D eigenvalue weighted by Crippen LogP contribution is 2.25. The Kier molecular flexibility index (Phi) is 7.49. The van der Waals surface area contributed by atoms with Crippen LogP contribution in [-0.2, 0) is 4.74 Å². The van der Waals surface area contributed by atoms with Crippen LogP contribution in [-0.4, -0.2) is 6.61 Å². The molecule has 30 heavy (non-hydrogen) atoms. The number of allylic oxidation sites excluding steroid dienone is 7. The first-order valence-electron chi connectivity index (χ1n) is 9.86. The molecule has 0 fully saturated rings. The van der Waals surface area contributed by atoms with Crippen LogP contribution < -0.4 is 0 Å². The Morgan fingerprint density at radius 2 is 1.90 bits per heavy atom. The van der Waals surface area contributed by atoms with Gasteiger partial charge in [0.1, 0.15) is 5.76 Å². The molecule has 0 amide bonds. The second kappa shape index (κ2) is 10.5. The molecule has 3 heteroatoms. The van der Waals surface area contributed by atoms with E-state index in [2.05, 4.69) is 55.1 Å². The van der Waals surface area contributed by atoms with Crippen molar-refractivity contribution < 1.29 is 4.74 Å². The second-order valence-electron chi connectivity index (χ2n) is 7.20. The summed E-state index contributed by atoms with van der Waals surface area (Å²) in [6, 6.07) is 19.9. The van der Waals surface area contributed by atoms with Crippen molar-refractivity contribution in [2.45, 2.75) is 13.3 Å². The maximum absolute atomic E-state index is 8.90. The first kappa shape index (κ1) is 21.4. The van der Waals surface area contributed by atoms with Gasteiger partial charge in [0.15, 0.2) is 0 Å². The molecule has 2 aromatic rings. The van der Waals surface area contributed by atoms with E-state index in [1.165, 1.54) is 11.1 Å². The van der Waals surface area contributed by atoms with Crippen LogP contribution in [0.2, 0.25) is 0 Å². The number of nitriles is 1. The fraction of sp³-hybridized carbons (Fsp3) is 0.148. The Bertz CT molecular complexity index is 1050. The number of benzene rings is 2. The smallest absolute Gasteiger partial charge is 0.113 e. The van der Waals surface area contributed by atoms with Gasteiger partial charge in [0.05, 0.1) is 18.2 Å². The molecule has 1 atom stereocenters. The Morgan fingerprint density at radius 3 is 2.53 bits per heavy atom. The van der Waals surface area contributed by atoms with Gasteiger partial charge in [0.2, 0.25) is 0 Å². The van der Waals surface area contributed by atoms with Crippen molar-refractivity contribution in [3.63, 3.8) is 0 Å². The predicted molar refractivity (Wildman–Crippen MR) is 126 cm³/mol. The van der Waals surface area contributed by atoms with Gasteiger partial charge in [0.25, 0.3) is 0 Å². The van der Waals surface area contributed by atoms with Crippen molar-refractivity contribution in [2.75, 3.05) is 6.61 Å². The topological polar surface area (TPSA) is 33.0 Å². The predicted octanol–water partition coefficient (Wildman–Crippen LogP) is 7.27. The number of hydrogen-bond acceptors (Lipinski definition) is 2. The summed E-state index contributed by atoms with van der Waals surface area (Å²) in [5, 5.41) is 9.44. The minimum atomic E-state index is 0.317. The van der Waals surface area contributed by atoms with E-state index in [-0.39, 0.29) is 0 Å². The standard InChI is InChI=1S/C27H24ClNO/c1-20(24-12-8-22(18-29)9-13-24)16-27(28)17-21(2)30-19-23-10-14-26(15-11-23)25-6-4-3-5-7-25/h3-10,12-17,23H,2,11,19H2,1H3/b20-16+,27-17+. The van der Waals surface area contributed by atoms with Crippen LogP contribution >= 0.6 is 11.6 Å². The third-order valence-corrected chi connectivity index (χ3v) is 5.12. The molecule has 0 saturated carbocycles. The number of hydrogen-bond donors (Lipinski definition) is 0. The van der Waals surface area contributed by atoms with E-state index in [1.54, 1.807) is 18.2 Å². The summed E-state index contributed by atoms with van der Waals surface area (Å²) >= 11 is 6.36. The number of rotatable bonds is 7. The van der Waals surface area contributed by atoms with Gasteiger partial charge in [-0.05, 0) is 59.9 Å². The zero-order valence-corrected chi connectivity index (χ0v) is 17.8. The van der Waals surface area contributed by atoms with Crippen molar-refractivity contribution in [3.05, 3.63) is 119 Å². The SMILES string of the molecule is C=C(/C=C(Cl)\C=C(/C)c1ccc(C#N)cc1)OCC1C=CC(c2ccccc2)=CC1. The Hall–Kier alpha value is -3.28. The van der Waals surface area contributed by atoms with E-state index in [0.29, 0.717) is 28.9 Å². The van der Waals surface area contributed by atoms with E-state index in [1.807, 2.05) is 31.2 Å². The minimum absolute atomic E-state index is 0.317.